The quantitative estimate of drug-likeness (QED) is 0.806. The standard InChI is InChI=1S/C14H26N2O2/c1-11-4-9-16(10-12(11)2)13(17)14(18-3)5-7-15-8-6-14/h11-12,15H,4-10H2,1-3H3. The van der Waals surface area contributed by atoms with Gasteiger partial charge in [0.2, 0.25) is 0 Å². The number of hydrogen-bond donors (Lipinski definition) is 1. The van der Waals surface area contributed by atoms with Gasteiger partial charge in [-0.25, -0.2) is 0 Å². The number of rotatable bonds is 2. The lowest BCUT2D eigenvalue weighted by Crippen LogP contribution is -2.57. The summed E-state index contributed by atoms with van der Waals surface area (Å²) in [5.41, 5.74) is -0.564. The Morgan fingerprint density at radius 1 is 1.28 bits per heavy atom. The number of likely N-dealkylation sites (tertiary alicyclic amines) is 1. The second kappa shape index (κ2) is 5.57. The summed E-state index contributed by atoms with van der Waals surface area (Å²) in [7, 11) is 1.68. The number of nitrogens with one attached hydrogen (secondary N) is 1. The van der Waals surface area contributed by atoms with E-state index in [0.29, 0.717) is 5.92 Å². The van der Waals surface area contributed by atoms with Gasteiger partial charge >= 0.3 is 0 Å². The van der Waals surface area contributed by atoms with Crippen molar-refractivity contribution in [2.45, 2.75) is 38.7 Å². The fourth-order valence-electron chi connectivity index (χ4n) is 3.07. The maximum absolute atomic E-state index is 12.7. The normalized spacial score (nSPS) is 32.3. The Bertz CT molecular complexity index is 300. The molecule has 4 nitrogen and oxygen atoms in total. The molecule has 0 saturated carbocycles. The van der Waals surface area contributed by atoms with Crippen molar-refractivity contribution >= 4 is 5.91 Å². The maximum Gasteiger partial charge on any atom is 0.254 e. The summed E-state index contributed by atoms with van der Waals surface area (Å²) in [4.78, 5) is 14.8. The number of carbonyl (C=O) groups excluding carboxylic acids is 1. The monoisotopic (exact) mass is 254 g/mol. The highest BCUT2D eigenvalue weighted by Crippen LogP contribution is 2.29. The largest absolute Gasteiger partial charge is 0.368 e. The predicted octanol–water partition coefficient (Wildman–Crippen LogP) is 1.26. The molecular formula is C14H26N2O2. The van der Waals surface area contributed by atoms with Crippen molar-refractivity contribution in [1.82, 2.24) is 10.2 Å². The Labute approximate surface area is 110 Å². The zero-order chi connectivity index (χ0) is 13.2. The Hall–Kier alpha value is -0.610. The van der Waals surface area contributed by atoms with Crippen molar-refractivity contribution < 1.29 is 9.53 Å². The van der Waals surface area contributed by atoms with Gasteiger partial charge in [0.15, 0.2) is 0 Å². The van der Waals surface area contributed by atoms with Gasteiger partial charge in [-0.2, -0.15) is 0 Å². The maximum atomic E-state index is 12.7. The van der Waals surface area contributed by atoms with E-state index < -0.39 is 5.60 Å². The minimum Gasteiger partial charge on any atom is -0.368 e. The topological polar surface area (TPSA) is 41.6 Å². The minimum atomic E-state index is -0.564. The number of piperidine rings is 2. The van der Waals surface area contributed by atoms with Crippen LogP contribution < -0.4 is 5.32 Å². The Balaban J connectivity index is 2.05. The lowest BCUT2D eigenvalue weighted by Gasteiger charge is -2.42. The van der Waals surface area contributed by atoms with Gasteiger partial charge in [-0.1, -0.05) is 13.8 Å². The van der Waals surface area contributed by atoms with Gasteiger partial charge in [0, 0.05) is 20.2 Å². The number of nitrogens with zero attached hydrogens (tertiary/aromatic N) is 1. The van der Waals surface area contributed by atoms with Gasteiger partial charge in [-0.05, 0) is 44.2 Å². The molecule has 2 fully saturated rings. The first-order chi connectivity index (χ1) is 8.59. The average molecular weight is 254 g/mol. The highest BCUT2D eigenvalue weighted by molar-refractivity contribution is 5.85. The van der Waals surface area contributed by atoms with E-state index in [4.69, 9.17) is 4.74 Å². The smallest absolute Gasteiger partial charge is 0.254 e. The molecule has 0 aliphatic carbocycles. The van der Waals surface area contributed by atoms with Crippen LogP contribution in [-0.4, -0.2) is 49.7 Å². The first-order valence-corrected chi connectivity index (χ1v) is 7.14. The van der Waals surface area contributed by atoms with Crippen LogP contribution in [0.3, 0.4) is 0 Å². The van der Waals surface area contributed by atoms with E-state index in [1.54, 1.807) is 7.11 Å². The molecule has 2 heterocycles. The van der Waals surface area contributed by atoms with Crippen LogP contribution >= 0.6 is 0 Å². The molecule has 0 radical (unpaired) electrons. The molecule has 0 aromatic heterocycles. The molecule has 0 bridgehead atoms. The third-order valence-corrected chi connectivity index (χ3v) is 4.81. The molecule has 0 aromatic carbocycles. The van der Waals surface area contributed by atoms with Gasteiger partial charge in [0.1, 0.15) is 5.60 Å². The van der Waals surface area contributed by atoms with Crippen LogP contribution in [0.25, 0.3) is 0 Å². The van der Waals surface area contributed by atoms with E-state index in [0.717, 1.165) is 51.4 Å². The second-order valence-corrected chi connectivity index (χ2v) is 5.94. The summed E-state index contributed by atoms with van der Waals surface area (Å²) in [5.74, 6) is 1.53. The fraction of sp³-hybridized carbons (Fsp3) is 0.929. The van der Waals surface area contributed by atoms with Crippen LogP contribution in [0.5, 0.6) is 0 Å². The van der Waals surface area contributed by atoms with Crippen molar-refractivity contribution in [3.63, 3.8) is 0 Å². The van der Waals surface area contributed by atoms with Crippen molar-refractivity contribution in [1.29, 1.82) is 0 Å². The van der Waals surface area contributed by atoms with Crippen LogP contribution in [0.2, 0.25) is 0 Å². The number of hydrogen-bond acceptors (Lipinski definition) is 3. The highest BCUT2D eigenvalue weighted by Gasteiger charge is 2.43. The molecule has 104 valence electrons. The third kappa shape index (κ3) is 2.54. The number of ether oxygens (including phenoxy) is 1. The van der Waals surface area contributed by atoms with Gasteiger partial charge in [0.25, 0.3) is 5.91 Å². The molecule has 2 atom stereocenters. The molecule has 1 amide bonds. The highest BCUT2D eigenvalue weighted by atomic mass is 16.5. The molecular weight excluding hydrogens is 228 g/mol. The molecule has 18 heavy (non-hydrogen) atoms. The number of amides is 1. The van der Waals surface area contributed by atoms with Crippen molar-refractivity contribution in [2.75, 3.05) is 33.3 Å². The van der Waals surface area contributed by atoms with E-state index in [1.807, 2.05) is 4.90 Å². The van der Waals surface area contributed by atoms with E-state index in [-0.39, 0.29) is 5.91 Å². The zero-order valence-corrected chi connectivity index (χ0v) is 11.9. The van der Waals surface area contributed by atoms with E-state index >= 15 is 0 Å². The van der Waals surface area contributed by atoms with Crippen molar-refractivity contribution in [3.8, 4) is 0 Å². The lowest BCUT2D eigenvalue weighted by molar-refractivity contribution is -0.160. The second-order valence-electron chi connectivity index (χ2n) is 5.94. The van der Waals surface area contributed by atoms with E-state index in [1.165, 1.54) is 0 Å². The van der Waals surface area contributed by atoms with Gasteiger partial charge < -0.3 is 15.0 Å². The Kier molecular flexibility index (Phi) is 4.28. The summed E-state index contributed by atoms with van der Waals surface area (Å²) in [6, 6.07) is 0. The molecule has 2 unspecified atom stereocenters. The number of methoxy groups -OCH3 is 1. The molecule has 2 rings (SSSR count). The van der Waals surface area contributed by atoms with Crippen LogP contribution in [0.1, 0.15) is 33.1 Å². The molecule has 0 aromatic rings. The summed E-state index contributed by atoms with van der Waals surface area (Å²) in [6.07, 6.45) is 2.70. The first kappa shape index (κ1) is 13.8. The van der Waals surface area contributed by atoms with Crippen molar-refractivity contribution in [3.05, 3.63) is 0 Å². The molecule has 0 spiro atoms. The summed E-state index contributed by atoms with van der Waals surface area (Å²) >= 11 is 0. The van der Waals surface area contributed by atoms with Gasteiger partial charge in [-0.3, -0.25) is 4.79 Å². The molecule has 2 aliphatic rings. The van der Waals surface area contributed by atoms with Crippen LogP contribution in [0.4, 0.5) is 0 Å². The van der Waals surface area contributed by atoms with Gasteiger partial charge in [0.05, 0.1) is 0 Å². The lowest BCUT2D eigenvalue weighted by atomic mass is 9.85. The molecule has 2 aliphatic heterocycles. The summed E-state index contributed by atoms with van der Waals surface area (Å²) in [5, 5.41) is 3.30. The third-order valence-electron chi connectivity index (χ3n) is 4.81. The average Bonchev–Trinajstić information content (AvgIpc) is 2.42. The fourth-order valence-corrected chi connectivity index (χ4v) is 3.07. The summed E-state index contributed by atoms with van der Waals surface area (Å²) in [6.45, 7) is 8.05. The van der Waals surface area contributed by atoms with Crippen molar-refractivity contribution in [2.24, 2.45) is 11.8 Å². The van der Waals surface area contributed by atoms with Gasteiger partial charge in [-0.15, -0.1) is 0 Å². The molecule has 2 saturated heterocycles. The summed E-state index contributed by atoms with van der Waals surface area (Å²) < 4.78 is 5.62. The minimum absolute atomic E-state index is 0.213. The van der Waals surface area contributed by atoms with E-state index in [2.05, 4.69) is 19.2 Å². The zero-order valence-electron chi connectivity index (χ0n) is 11.9. The van der Waals surface area contributed by atoms with Crippen LogP contribution in [0, 0.1) is 11.8 Å². The Morgan fingerprint density at radius 2 is 1.94 bits per heavy atom. The number of carbonyl (C=O) groups is 1. The SMILES string of the molecule is COC1(C(=O)N2CCC(C)C(C)C2)CCNCC1. The predicted molar refractivity (Wildman–Crippen MR) is 71.4 cm³/mol. The molecule has 1 N–H and O–H groups in total. The Morgan fingerprint density at radius 3 is 2.50 bits per heavy atom. The molecule has 4 heteroatoms. The van der Waals surface area contributed by atoms with Crippen LogP contribution in [-0.2, 0) is 9.53 Å². The van der Waals surface area contributed by atoms with E-state index in [9.17, 15) is 4.79 Å². The first-order valence-electron chi connectivity index (χ1n) is 7.14. The van der Waals surface area contributed by atoms with Crippen LogP contribution in [0.15, 0.2) is 0 Å².